The van der Waals surface area contributed by atoms with Crippen LogP contribution in [0.25, 0.3) is 11.2 Å². The first-order valence-electron chi connectivity index (χ1n) is 11.5. The number of fused-ring (bicyclic) bond motifs is 1. The van der Waals surface area contributed by atoms with Crippen LogP contribution in [0.4, 0.5) is 42.2 Å². The summed E-state index contributed by atoms with van der Waals surface area (Å²) in [5.41, 5.74) is -1.66. The van der Waals surface area contributed by atoms with Crippen molar-refractivity contribution < 1.29 is 40.3 Å². The Morgan fingerprint density at radius 2 is 1.79 bits per heavy atom. The van der Waals surface area contributed by atoms with Crippen molar-refractivity contribution >= 4 is 28.6 Å². The quantitative estimate of drug-likeness (QED) is 0.429. The first-order chi connectivity index (χ1) is 17.9. The maximum Gasteiger partial charge on any atom is 0.433 e. The van der Waals surface area contributed by atoms with E-state index in [9.17, 15) is 35.5 Å². The number of piperidine rings is 1. The fraction of sp³-hybridized carbons (Fsp3) is 0.500. The van der Waals surface area contributed by atoms with Crippen molar-refractivity contribution in [1.82, 2.24) is 24.7 Å². The number of amides is 1. The highest BCUT2D eigenvalue weighted by Crippen LogP contribution is 2.45. The molecule has 9 nitrogen and oxygen atoms in total. The molecule has 2 aliphatic heterocycles. The Hall–Kier alpha value is -3.72. The number of ether oxygens (including phenoxy) is 1. The van der Waals surface area contributed by atoms with E-state index in [1.54, 1.807) is 0 Å². The van der Waals surface area contributed by atoms with E-state index in [0.29, 0.717) is 43.3 Å². The van der Waals surface area contributed by atoms with Gasteiger partial charge in [-0.3, -0.25) is 4.79 Å². The Kier molecular flexibility index (Phi) is 6.51. The summed E-state index contributed by atoms with van der Waals surface area (Å²) in [4.78, 5) is 27.8. The zero-order valence-corrected chi connectivity index (χ0v) is 19.5. The standard InChI is InChI=1S/C22H20F7N7O2/c23-15(24)10-36-18-12(8-31-36)30-9-16(33-18)34-5-3-21(4-6-34)7-17(37)35(11-21)13-1-2-14(22(27,28)29)32-19(13)38-20(25)26/h1-2,8-9,15,20H,3-7,10-11H2. The molecule has 0 atom stereocenters. The molecule has 3 aromatic heterocycles. The van der Waals surface area contributed by atoms with E-state index in [1.165, 1.54) is 12.4 Å². The number of carbonyl (C=O) groups is 1. The van der Waals surface area contributed by atoms with Gasteiger partial charge in [0.2, 0.25) is 11.8 Å². The van der Waals surface area contributed by atoms with Gasteiger partial charge in [0, 0.05) is 31.5 Å². The zero-order chi connectivity index (χ0) is 27.2. The third-order valence-electron chi connectivity index (χ3n) is 6.73. The molecule has 1 amide bonds. The normalized spacial score (nSPS) is 18.0. The lowest BCUT2D eigenvalue weighted by Gasteiger charge is -2.39. The zero-order valence-electron chi connectivity index (χ0n) is 19.5. The molecule has 0 saturated carbocycles. The second-order valence-electron chi connectivity index (χ2n) is 9.20. The van der Waals surface area contributed by atoms with Gasteiger partial charge in [-0.2, -0.15) is 27.1 Å². The first-order valence-corrected chi connectivity index (χ1v) is 11.5. The van der Waals surface area contributed by atoms with Gasteiger partial charge in [-0.15, -0.1) is 0 Å². The molecule has 0 radical (unpaired) electrons. The van der Waals surface area contributed by atoms with Gasteiger partial charge in [0.1, 0.15) is 29.3 Å². The van der Waals surface area contributed by atoms with Crippen LogP contribution in [0.5, 0.6) is 5.88 Å². The molecule has 0 N–H and O–H groups in total. The van der Waals surface area contributed by atoms with Crippen LogP contribution >= 0.6 is 0 Å². The minimum absolute atomic E-state index is 0.0574. The molecular weight excluding hydrogens is 527 g/mol. The number of anilines is 2. The van der Waals surface area contributed by atoms with Crippen LogP contribution < -0.4 is 14.5 Å². The van der Waals surface area contributed by atoms with Crippen molar-refractivity contribution in [2.75, 3.05) is 29.4 Å². The van der Waals surface area contributed by atoms with Crippen molar-refractivity contribution in [1.29, 1.82) is 0 Å². The lowest BCUT2D eigenvalue weighted by molar-refractivity contribution is -0.142. The number of alkyl halides is 7. The van der Waals surface area contributed by atoms with E-state index < -0.39 is 48.7 Å². The van der Waals surface area contributed by atoms with Crippen molar-refractivity contribution in [3.05, 3.63) is 30.2 Å². The molecule has 16 heteroatoms. The topological polar surface area (TPSA) is 89.3 Å². The highest BCUT2D eigenvalue weighted by Gasteiger charge is 2.47. The first kappa shape index (κ1) is 25.9. The summed E-state index contributed by atoms with van der Waals surface area (Å²) in [7, 11) is 0. The van der Waals surface area contributed by atoms with Gasteiger partial charge in [-0.1, -0.05) is 0 Å². The second-order valence-corrected chi connectivity index (χ2v) is 9.20. The predicted octanol–water partition coefficient (Wildman–Crippen LogP) is 4.13. The van der Waals surface area contributed by atoms with Crippen LogP contribution in [-0.2, 0) is 17.5 Å². The van der Waals surface area contributed by atoms with Crippen LogP contribution in [0.3, 0.4) is 0 Å². The van der Waals surface area contributed by atoms with E-state index in [4.69, 9.17) is 0 Å². The maximum absolute atomic E-state index is 13.1. The summed E-state index contributed by atoms with van der Waals surface area (Å²) in [6.07, 6.45) is -3.64. The van der Waals surface area contributed by atoms with Crippen LogP contribution in [0, 0.1) is 5.41 Å². The molecule has 0 aromatic carbocycles. The Morgan fingerprint density at radius 1 is 1.05 bits per heavy atom. The van der Waals surface area contributed by atoms with E-state index in [-0.39, 0.29) is 24.3 Å². The van der Waals surface area contributed by atoms with Gasteiger partial charge in [0.25, 0.3) is 6.43 Å². The molecule has 0 unspecified atom stereocenters. The van der Waals surface area contributed by atoms with E-state index >= 15 is 0 Å². The number of hydrogen-bond donors (Lipinski definition) is 0. The minimum Gasteiger partial charge on any atom is -0.415 e. The SMILES string of the molecule is O=C1CC2(CCN(c3cnc4cnn(CC(F)F)c4n3)CC2)CN1c1ccc(C(F)(F)F)nc1OC(F)F. The number of pyridine rings is 1. The molecule has 0 bridgehead atoms. The Balaban J connectivity index is 1.33. The van der Waals surface area contributed by atoms with Crippen LogP contribution in [0.2, 0.25) is 0 Å². The lowest BCUT2D eigenvalue weighted by Crippen LogP contribution is -2.42. The Bertz CT molecular complexity index is 1340. The monoisotopic (exact) mass is 547 g/mol. The molecular formula is C22H20F7N7O2. The van der Waals surface area contributed by atoms with E-state index in [2.05, 4.69) is 24.8 Å². The van der Waals surface area contributed by atoms with Crippen molar-refractivity contribution in [2.45, 2.75) is 45.0 Å². The molecule has 38 heavy (non-hydrogen) atoms. The average Bonchev–Trinajstić information content (AvgIpc) is 3.38. The van der Waals surface area contributed by atoms with Crippen LogP contribution in [-0.4, -0.2) is 63.3 Å². The van der Waals surface area contributed by atoms with Gasteiger partial charge in [0.15, 0.2) is 5.65 Å². The Labute approximate surface area is 210 Å². The number of halogens is 7. The van der Waals surface area contributed by atoms with Gasteiger partial charge in [-0.25, -0.2) is 28.4 Å². The number of nitrogens with zero attached hydrogens (tertiary/aromatic N) is 7. The summed E-state index contributed by atoms with van der Waals surface area (Å²) in [5.74, 6) is -0.970. The van der Waals surface area contributed by atoms with E-state index in [1.807, 2.05) is 4.90 Å². The highest BCUT2D eigenvalue weighted by atomic mass is 19.4. The summed E-state index contributed by atoms with van der Waals surface area (Å²) in [6, 6.07) is 1.52. The van der Waals surface area contributed by atoms with Crippen molar-refractivity contribution in [3.8, 4) is 5.88 Å². The van der Waals surface area contributed by atoms with Crippen LogP contribution in [0.1, 0.15) is 25.0 Å². The van der Waals surface area contributed by atoms with Gasteiger partial charge in [0.05, 0.1) is 12.4 Å². The fourth-order valence-corrected chi connectivity index (χ4v) is 4.88. The highest BCUT2D eigenvalue weighted by molar-refractivity contribution is 5.97. The third kappa shape index (κ3) is 5.03. The lowest BCUT2D eigenvalue weighted by atomic mass is 9.77. The molecule has 3 aromatic rings. The Morgan fingerprint density at radius 3 is 2.45 bits per heavy atom. The maximum atomic E-state index is 13.1. The molecule has 1 spiro atoms. The number of rotatable bonds is 6. The molecule has 2 aliphatic rings. The molecule has 2 saturated heterocycles. The minimum atomic E-state index is -4.88. The summed E-state index contributed by atoms with van der Waals surface area (Å²) in [5, 5.41) is 3.89. The smallest absolute Gasteiger partial charge is 0.415 e. The number of aromatic nitrogens is 5. The molecule has 2 fully saturated rings. The largest absolute Gasteiger partial charge is 0.433 e. The summed E-state index contributed by atoms with van der Waals surface area (Å²) in [6.45, 7) is -3.13. The second kappa shape index (κ2) is 9.54. The molecule has 204 valence electrons. The number of carbonyl (C=O) groups excluding carboxylic acids is 1. The third-order valence-corrected chi connectivity index (χ3v) is 6.73. The van der Waals surface area contributed by atoms with Crippen molar-refractivity contribution in [2.24, 2.45) is 5.41 Å². The predicted molar refractivity (Wildman–Crippen MR) is 118 cm³/mol. The van der Waals surface area contributed by atoms with Crippen molar-refractivity contribution in [3.63, 3.8) is 0 Å². The van der Waals surface area contributed by atoms with Gasteiger partial charge < -0.3 is 14.5 Å². The summed E-state index contributed by atoms with van der Waals surface area (Å²) < 4.78 is 96.0. The molecule has 0 aliphatic carbocycles. The number of hydrogen-bond acceptors (Lipinski definition) is 7. The van der Waals surface area contributed by atoms with Gasteiger partial charge in [-0.05, 0) is 25.0 Å². The summed E-state index contributed by atoms with van der Waals surface area (Å²) >= 11 is 0. The molecule has 5 rings (SSSR count). The fourth-order valence-electron chi connectivity index (χ4n) is 4.88. The van der Waals surface area contributed by atoms with E-state index in [0.717, 1.165) is 15.6 Å². The average molecular weight is 547 g/mol. The molecule has 5 heterocycles. The van der Waals surface area contributed by atoms with Gasteiger partial charge >= 0.3 is 12.8 Å². The van der Waals surface area contributed by atoms with Crippen LogP contribution in [0.15, 0.2) is 24.5 Å².